The van der Waals surface area contributed by atoms with E-state index in [1.54, 1.807) is 7.11 Å². The van der Waals surface area contributed by atoms with Crippen molar-refractivity contribution in [1.29, 1.82) is 0 Å². The fraction of sp³-hybridized carbons (Fsp3) is 0.120. The van der Waals surface area contributed by atoms with Gasteiger partial charge in [0.05, 0.1) is 12.7 Å². The Balaban J connectivity index is 1.79. The van der Waals surface area contributed by atoms with E-state index in [9.17, 15) is 8.78 Å². The Bertz CT molecular complexity index is 1110. The van der Waals surface area contributed by atoms with Crippen LogP contribution in [-0.4, -0.2) is 7.11 Å². The lowest BCUT2D eigenvalue weighted by Gasteiger charge is -2.03. The average Bonchev–Trinajstić information content (AvgIpc) is 2.70. The second-order valence-corrected chi connectivity index (χ2v) is 6.35. The Morgan fingerprint density at radius 3 is 1.79 bits per heavy atom. The summed E-state index contributed by atoms with van der Waals surface area (Å²) >= 11 is 0. The molecule has 0 fully saturated rings. The summed E-state index contributed by atoms with van der Waals surface area (Å²) in [6.07, 6.45) is 0. The molecule has 0 atom stereocenters. The lowest BCUT2D eigenvalue weighted by Crippen LogP contribution is -1.90. The Kier molecular flexibility index (Phi) is 5.78. The van der Waals surface area contributed by atoms with Gasteiger partial charge in [-0.25, -0.2) is 8.78 Å². The predicted octanol–water partition coefficient (Wildman–Crippen LogP) is 5.39. The van der Waals surface area contributed by atoms with E-state index in [-0.39, 0.29) is 5.56 Å². The van der Waals surface area contributed by atoms with E-state index in [4.69, 9.17) is 4.74 Å². The number of ether oxygens (including phenoxy) is 1. The van der Waals surface area contributed by atoms with Crippen LogP contribution in [0.25, 0.3) is 0 Å². The largest absolute Gasteiger partial charge is 0.495 e. The minimum absolute atomic E-state index is 0.00122. The van der Waals surface area contributed by atoms with E-state index >= 15 is 0 Å². The van der Waals surface area contributed by atoms with Crippen LogP contribution in [0.5, 0.6) is 5.75 Å². The standard InChI is InChI=1S/C25H18F2O/c1-17-4-12-22(25(14-17)28-3)13-11-20-7-5-19(6-8-20)9-10-21-15-23(26)18(2)24(27)16-21/h4-8,12,14-16H,1-3H3. The predicted molar refractivity (Wildman–Crippen MR) is 107 cm³/mol. The normalized spacial score (nSPS) is 9.75. The minimum Gasteiger partial charge on any atom is -0.495 e. The number of halogens is 2. The van der Waals surface area contributed by atoms with Crippen molar-refractivity contribution in [1.82, 2.24) is 0 Å². The zero-order chi connectivity index (χ0) is 20.1. The van der Waals surface area contributed by atoms with Crippen molar-refractivity contribution in [3.63, 3.8) is 0 Å². The maximum atomic E-state index is 13.6. The average molecular weight is 372 g/mol. The second kappa shape index (κ2) is 8.42. The summed E-state index contributed by atoms with van der Waals surface area (Å²) < 4.78 is 32.5. The molecule has 0 aliphatic carbocycles. The summed E-state index contributed by atoms with van der Waals surface area (Å²) in [4.78, 5) is 0. The number of benzene rings is 3. The maximum absolute atomic E-state index is 13.6. The summed E-state index contributed by atoms with van der Waals surface area (Å²) in [5.74, 6) is 11.5. The van der Waals surface area contributed by atoms with Gasteiger partial charge >= 0.3 is 0 Å². The zero-order valence-electron chi connectivity index (χ0n) is 15.9. The molecule has 0 aliphatic heterocycles. The maximum Gasteiger partial charge on any atom is 0.134 e. The molecule has 0 aliphatic rings. The van der Waals surface area contributed by atoms with E-state index in [0.29, 0.717) is 5.56 Å². The molecule has 3 rings (SSSR count). The lowest BCUT2D eigenvalue weighted by atomic mass is 10.1. The Labute approximate surface area is 164 Å². The lowest BCUT2D eigenvalue weighted by molar-refractivity contribution is 0.413. The monoisotopic (exact) mass is 372 g/mol. The molecule has 3 aromatic rings. The smallest absolute Gasteiger partial charge is 0.134 e. The van der Waals surface area contributed by atoms with Crippen molar-refractivity contribution in [3.05, 3.63) is 99.6 Å². The molecule has 28 heavy (non-hydrogen) atoms. The molecule has 0 saturated carbocycles. The van der Waals surface area contributed by atoms with Crippen molar-refractivity contribution in [3.8, 4) is 29.4 Å². The number of aryl methyl sites for hydroxylation is 1. The highest BCUT2D eigenvalue weighted by atomic mass is 19.1. The van der Waals surface area contributed by atoms with E-state index in [2.05, 4.69) is 23.7 Å². The van der Waals surface area contributed by atoms with Crippen molar-refractivity contribution < 1.29 is 13.5 Å². The summed E-state index contributed by atoms with van der Waals surface area (Å²) in [5, 5.41) is 0. The molecule has 3 heteroatoms. The number of hydrogen-bond donors (Lipinski definition) is 0. The Morgan fingerprint density at radius 2 is 1.21 bits per heavy atom. The number of rotatable bonds is 1. The van der Waals surface area contributed by atoms with Gasteiger partial charge in [-0.05, 0) is 67.9 Å². The molecule has 0 saturated heterocycles. The first-order valence-electron chi connectivity index (χ1n) is 8.70. The first kappa shape index (κ1) is 19.2. The third-order valence-electron chi connectivity index (χ3n) is 4.22. The molecule has 0 bridgehead atoms. The summed E-state index contributed by atoms with van der Waals surface area (Å²) in [7, 11) is 1.62. The van der Waals surface area contributed by atoms with Crippen LogP contribution in [0.3, 0.4) is 0 Å². The summed E-state index contributed by atoms with van der Waals surface area (Å²) in [6, 6.07) is 15.7. The molecule has 138 valence electrons. The van der Waals surface area contributed by atoms with Gasteiger partial charge in [0, 0.05) is 22.3 Å². The van der Waals surface area contributed by atoms with Gasteiger partial charge in [-0.2, -0.15) is 0 Å². The fourth-order valence-corrected chi connectivity index (χ4v) is 2.54. The third-order valence-corrected chi connectivity index (χ3v) is 4.22. The van der Waals surface area contributed by atoms with E-state index in [1.807, 2.05) is 49.4 Å². The van der Waals surface area contributed by atoms with Gasteiger partial charge in [-0.15, -0.1) is 0 Å². The highest BCUT2D eigenvalue weighted by Gasteiger charge is 2.05. The summed E-state index contributed by atoms with van der Waals surface area (Å²) in [5.41, 5.74) is 3.80. The number of hydrogen-bond acceptors (Lipinski definition) is 1. The van der Waals surface area contributed by atoms with Crippen molar-refractivity contribution in [2.45, 2.75) is 13.8 Å². The molecular weight excluding hydrogens is 354 g/mol. The molecule has 0 spiro atoms. The van der Waals surface area contributed by atoms with Gasteiger partial charge < -0.3 is 4.74 Å². The first-order valence-corrected chi connectivity index (χ1v) is 8.70. The molecule has 1 nitrogen and oxygen atoms in total. The number of methoxy groups -OCH3 is 1. The highest BCUT2D eigenvalue weighted by molar-refractivity contribution is 5.52. The van der Waals surface area contributed by atoms with Gasteiger partial charge in [-0.1, -0.05) is 29.7 Å². The van der Waals surface area contributed by atoms with Crippen LogP contribution in [0, 0.1) is 49.2 Å². The van der Waals surface area contributed by atoms with Crippen LogP contribution >= 0.6 is 0 Å². The van der Waals surface area contributed by atoms with Gasteiger partial charge in [-0.3, -0.25) is 0 Å². The molecule has 3 aromatic carbocycles. The van der Waals surface area contributed by atoms with E-state index in [1.165, 1.54) is 19.1 Å². The van der Waals surface area contributed by atoms with Crippen molar-refractivity contribution in [2.75, 3.05) is 7.11 Å². The third kappa shape index (κ3) is 4.58. The molecule has 0 radical (unpaired) electrons. The Morgan fingerprint density at radius 1 is 0.679 bits per heavy atom. The van der Waals surface area contributed by atoms with E-state index in [0.717, 1.165) is 28.0 Å². The van der Waals surface area contributed by atoms with Gasteiger partial charge in [0.15, 0.2) is 0 Å². The molecule has 0 heterocycles. The fourth-order valence-electron chi connectivity index (χ4n) is 2.54. The van der Waals surface area contributed by atoms with Crippen LogP contribution in [-0.2, 0) is 0 Å². The van der Waals surface area contributed by atoms with Crippen LogP contribution < -0.4 is 4.74 Å². The second-order valence-electron chi connectivity index (χ2n) is 6.35. The van der Waals surface area contributed by atoms with Gasteiger partial charge in [0.25, 0.3) is 0 Å². The minimum atomic E-state index is -0.596. The topological polar surface area (TPSA) is 9.23 Å². The zero-order valence-corrected chi connectivity index (χ0v) is 15.9. The van der Waals surface area contributed by atoms with Crippen molar-refractivity contribution in [2.24, 2.45) is 0 Å². The van der Waals surface area contributed by atoms with Crippen LogP contribution in [0.4, 0.5) is 8.78 Å². The molecule has 0 N–H and O–H groups in total. The van der Waals surface area contributed by atoms with Crippen molar-refractivity contribution >= 4 is 0 Å². The van der Waals surface area contributed by atoms with Crippen LogP contribution in [0.2, 0.25) is 0 Å². The molecule has 0 unspecified atom stereocenters. The van der Waals surface area contributed by atoms with Gasteiger partial charge in [0.1, 0.15) is 17.4 Å². The SMILES string of the molecule is COc1cc(C)ccc1C#Cc1ccc(C#Cc2cc(F)c(C)c(F)c2)cc1. The quantitative estimate of drug-likeness (QED) is 0.521. The molecular formula is C25H18F2O. The van der Waals surface area contributed by atoms with Crippen LogP contribution in [0.1, 0.15) is 33.4 Å². The highest BCUT2D eigenvalue weighted by Crippen LogP contribution is 2.19. The van der Waals surface area contributed by atoms with Gasteiger partial charge in [0.2, 0.25) is 0 Å². The Hall–Kier alpha value is -3.56. The molecule has 0 amide bonds. The molecule has 0 aromatic heterocycles. The van der Waals surface area contributed by atoms with E-state index < -0.39 is 11.6 Å². The first-order chi connectivity index (χ1) is 13.5. The summed E-state index contributed by atoms with van der Waals surface area (Å²) in [6.45, 7) is 3.40. The van der Waals surface area contributed by atoms with Crippen LogP contribution in [0.15, 0.2) is 54.6 Å².